The first-order valence-corrected chi connectivity index (χ1v) is 7.58. The second-order valence-corrected chi connectivity index (χ2v) is 6.51. The van der Waals surface area contributed by atoms with Crippen LogP contribution in [0.5, 0.6) is 0 Å². The Labute approximate surface area is 130 Å². The van der Waals surface area contributed by atoms with E-state index < -0.39 is 23.4 Å². The molecule has 3 heterocycles. The van der Waals surface area contributed by atoms with Crippen molar-refractivity contribution in [2.24, 2.45) is 11.3 Å². The van der Waals surface area contributed by atoms with E-state index in [1.165, 1.54) is 29.5 Å². The molecule has 22 heavy (non-hydrogen) atoms. The van der Waals surface area contributed by atoms with Crippen LogP contribution in [0.25, 0.3) is 0 Å². The lowest BCUT2D eigenvalue weighted by atomic mass is 9.72. The first-order chi connectivity index (χ1) is 10.5. The molecule has 0 radical (unpaired) electrons. The first-order valence-electron chi connectivity index (χ1n) is 6.70. The van der Waals surface area contributed by atoms with Gasteiger partial charge in [0, 0.05) is 31.6 Å². The minimum absolute atomic E-state index is 0.179. The van der Waals surface area contributed by atoms with Crippen LogP contribution in [0, 0.1) is 11.3 Å². The van der Waals surface area contributed by atoms with Crippen LogP contribution in [0.3, 0.4) is 0 Å². The zero-order valence-electron chi connectivity index (χ0n) is 11.9. The van der Waals surface area contributed by atoms with Gasteiger partial charge in [0.2, 0.25) is 0 Å². The number of aromatic nitrogens is 1. The number of carbonyl (C=O) groups is 3. The van der Waals surface area contributed by atoms with Gasteiger partial charge in [-0.2, -0.15) is 0 Å². The molecule has 0 unspecified atom stereocenters. The SMILES string of the molecule is COC(=O)[C@@H]1CN(C(=O)c2cncs2)CC12CN(C(=O)O)C2. The zero-order chi connectivity index (χ0) is 15.9. The number of methoxy groups -OCH3 is 1. The van der Waals surface area contributed by atoms with Crippen molar-refractivity contribution in [3.63, 3.8) is 0 Å². The Morgan fingerprint density at radius 3 is 2.59 bits per heavy atom. The van der Waals surface area contributed by atoms with Crippen LogP contribution < -0.4 is 0 Å². The largest absolute Gasteiger partial charge is 0.469 e. The summed E-state index contributed by atoms with van der Waals surface area (Å²) >= 11 is 1.24. The highest BCUT2D eigenvalue weighted by Crippen LogP contribution is 2.45. The minimum Gasteiger partial charge on any atom is -0.469 e. The average Bonchev–Trinajstić information content (AvgIpc) is 3.11. The number of rotatable bonds is 2. The molecular weight excluding hydrogens is 310 g/mol. The maximum atomic E-state index is 12.4. The molecule has 1 N–H and O–H groups in total. The van der Waals surface area contributed by atoms with Crippen LogP contribution in [0.1, 0.15) is 9.67 Å². The standard InChI is InChI=1S/C13H15N3O5S/c1-21-11(18)8-3-15(10(17)9-2-14-7-22-9)4-13(8)5-16(6-13)12(19)20/h2,7-8H,3-6H2,1H3,(H,19,20)/t8-/m0/s1. The van der Waals surface area contributed by atoms with Crippen LogP contribution in [-0.2, 0) is 9.53 Å². The molecule has 0 aliphatic carbocycles. The predicted molar refractivity (Wildman–Crippen MR) is 75.6 cm³/mol. The molecule has 3 rings (SSSR count). The fourth-order valence-corrected chi connectivity index (χ4v) is 3.82. The van der Waals surface area contributed by atoms with Crippen molar-refractivity contribution >= 4 is 29.3 Å². The molecule has 8 nitrogen and oxygen atoms in total. The van der Waals surface area contributed by atoms with Gasteiger partial charge >= 0.3 is 12.1 Å². The number of esters is 1. The van der Waals surface area contributed by atoms with E-state index >= 15 is 0 Å². The molecule has 2 aliphatic heterocycles. The molecule has 1 atom stereocenters. The van der Waals surface area contributed by atoms with Crippen molar-refractivity contribution in [2.45, 2.75) is 0 Å². The summed E-state index contributed by atoms with van der Waals surface area (Å²) in [5, 5.41) is 9.01. The highest BCUT2D eigenvalue weighted by molar-refractivity contribution is 7.11. The molecule has 0 aromatic carbocycles. The number of hydrogen-bond acceptors (Lipinski definition) is 6. The molecule has 9 heteroatoms. The lowest BCUT2D eigenvalue weighted by Gasteiger charge is -2.48. The van der Waals surface area contributed by atoms with Crippen LogP contribution in [0.15, 0.2) is 11.7 Å². The Kier molecular flexibility index (Phi) is 3.51. The van der Waals surface area contributed by atoms with Crippen LogP contribution in [0.2, 0.25) is 0 Å². The van der Waals surface area contributed by atoms with Crippen LogP contribution >= 0.6 is 11.3 Å². The number of ether oxygens (including phenoxy) is 1. The van der Waals surface area contributed by atoms with Crippen LogP contribution in [-0.4, -0.2) is 71.1 Å². The van der Waals surface area contributed by atoms with E-state index in [4.69, 9.17) is 9.84 Å². The lowest BCUT2D eigenvalue weighted by Crippen LogP contribution is -2.63. The highest BCUT2D eigenvalue weighted by atomic mass is 32.1. The van der Waals surface area contributed by atoms with E-state index in [0.717, 1.165) is 0 Å². The Morgan fingerprint density at radius 2 is 2.05 bits per heavy atom. The number of carboxylic acid groups (broad SMARTS) is 1. The van der Waals surface area contributed by atoms with Crippen molar-refractivity contribution < 1.29 is 24.2 Å². The van der Waals surface area contributed by atoms with Crippen molar-refractivity contribution in [1.82, 2.24) is 14.8 Å². The summed E-state index contributed by atoms with van der Waals surface area (Å²) in [5.74, 6) is -1.07. The molecule has 2 fully saturated rings. The number of nitrogens with zero attached hydrogens (tertiary/aromatic N) is 3. The van der Waals surface area contributed by atoms with Crippen molar-refractivity contribution in [1.29, 1.82) is 0 Å². The highest BCUT2D eigenvalue weighted by Gasteiger charge is 2.59. The molecule has 0 saturated carbocycles. The third kappa shape index (κ3) is 2.21. The van der Waals surface area contributed by atoms with E-state index in [2.05, 4.69) is 4.98 Å². The molecule has 1 aromatic heterocycles. The van der Waals surface area contributed by atoms with Gasteiger partial charge in [0.1, 0.15) is 4.88 Å². The second-order valence-electron chi connectivity index (χ2n) is 5.63. The summed E-state index contributed by atoms with van der Waals surface area (Å²) in [6.07, 6.45) is 0.483. The quantitative estimate of drug-likeness (QED) is 0.789. The topological polar surface area (TPSA) is 100 Å². The maximum absolute atomic E-state index is 12.4. The van der Waals surface area contributed by atoms with Gasteiger partial charge in [0.05, 0.1) is 24.7 Å². The number of likely N-dealkylation sites (tertiary alicyclic amines) is 2. The third-order valence-corrected chi connectivity index (χ3v) is 5.11. The predicted octanol–water partition coefficient (Wildman–Crippen LogP) is 0.368. The second kappa shape index (κ2) is 5.24. The molecule has 118 valence electrons. The van der Waals surface area contributed by atoms with E-state index in [9.17, 15) is 14.4 Å². The van der Waals surface area contributed by atoms with Crippen LogP contribution in [0.4, 0.5) is 4.79 Å². The van der Waals surface area contributed by atoms with E-state index in [-0.39, 0.29) is 25.5 Å². The molecule has 2 saturated heterocycles. The number of hydrogen-bond donors (Lipinski definition) is 1. The van der Waals surface area contributed by atoms with Gasteiger partial charge < -0.3 is 19.6 Å². The smallest absolute Gasteiger partial charge is 0.407 e. The Bertz CT molecular complexity index is 611. The van der Waals surface area contributed by atoms with Gasteiger partial charge in [-0.1, -0.05) is 0 Å². The van der Waals surface area contributed by atoms with Gasteiger partial charge in [-0.25, -0.2) is 4.79 Å². The lowest BCUT2D eigenvalue weighted by molar-refractivity contribution is -0.152. The van der Waals surface area contributed by atoms with Gasteiger partial charge in [0.25, 0.3) is 5.91 Å². The maximum Gasteiger partial charge on any atom is 0.407 e. The zero-order valence-corrected chi connectivity index (χ0v) is 12.7. The molecule has 1 aromatic rings. The fraction of sp³-hybridized carbons (Fsp3) is 0.538. The molecular formula is C13H15N3O5S. The normalized spacial score (nSPS) is 22.5. The number of carbonyl (C=O) groups excluding carboxylic acids is 2. The Balaban J connectivity index is 1.79. The van der Waals surface area contributed by atoms with E-state index in [0.29, 0.717) is 11.4 Å². The van der Waals surface area contributed by atoms with Crippen molar-refractivity contribution in [3.8, 4) is 0 Å². The van der Waals surface area contributed by atoms with E-state index in [1.54, 1.807) is 10.4 Å². The Morgan fingerprint density at radius 1 is 1.36 bits per heavy atom. The summed E-state index contributed by atoms with van der Waals surface area (Å²) in [5.41, 5.74) is 1.04. The third-order valence-electron chi connectivity index (χ3n) is 4.35. The van der Waals surface area contributed by atoms with Crippen molar-refractivity contribution in [2.75, 3.05) is 33.3 Å². The summed E-state index contributed by atoms with van der Waals surface area (Å²) in [7, 11) is 1.30. The molecule has 2 aliphatic rings. The molecule has 2 amide bonds. The number of amides is 2. The average molecular weight is 325 g/mol. The first kappa shape index (κ1) is 14.8. The summed E-state index contributed by atoms with van der Waals surface area (Å²) in [6.45, 7) is 1.09. The summed E-state index contributed by atoms with van der Waals surface area (Å²) in [6, 6.07) is 0. The molecule has 1 spiro atoms. The van der Waals surface area contributed by atoms with Crippen molar-refractivity contribution in [3.05, 3.63) is 16.6 Å². The fourth-order valence-electron chi connectivity index (χ4n) is 3.24. The van der Waals surface area contributed by atoms with Gasteiger partial charge in [-0.3, -0.25) is 14.6 Å². The van der Waals surface area contributed by atoms with Gasteiger partial charge in [0.15, 0.2) is 0 Å². The number of thiazole rings is 1. The monoisotopic (exact) mass is 325 g/mol. The van der Waals surface area contributed by atoms with E-state index in [1.807, 2.05) is 0 Å². The van der Waals surface area contributed by atoms with Gasteiger partial charge in [-0.15, -0.1) is 11.3 Å². The molecule has 0 bridgehead atoms. The summed E-state index contributed by atoms with van der Waals surface area (Å²) in [4.78, 5) is 42.7. The Hall–Kier alpha value is -2.16. The minimum atomic E-state index is -1.01. The summed E-state index contributed by atoms with van der Waals surface area (Å²) < 4.78 is 4.83. The van der Waals surface area contributed by atoms with Gasteiger partial charge in [-0.05, 0) is 0 Å².